The van der Waals surface area contributed by atoms with Crippen molar-refractivity contribution in [3.8, 4) is 0 Å². The summed E-state index contributed by atoms with van der Waals surface area (Å²) in [5, 5.41) is 10.7. The van der Waals surface area contributed by atoms with E-state index < -0.39 is 16.2 Å². The van der Waals surface area contributed by atoms with Gasteiger partial charge in [-0.05, 0) is 55.8 Å². The highest BCUT2D eigenvalue weighted by Gasteiger charge is 2.84. The highest BCUT2D eigenvalue weighted by molar-refractivity contribution is 5.91. The topological polar surface area (TPSA) is 63.6 Å². The number of rotatable bonds is 5. The van der Waals surface area contributed by atoms with Crippen molar-refractivity contribution >= 4 is 12.3 Å². The summed E-state index contributed by atoms with van der Waals surface area (Å²) in [5.74, 6) is 1.18. The molecule has 144 valence electrons. The molecular formula is C22H32O4. The smallest absolute Gasteiger partial charge is 0.317 e. The number of hydrogen-bond donors (Lipinski definition) is 1. The largest absolute Gasteiger partial charge is 0.465 e. The molecule has 0 aromatic rings. The van der Waals surface area contributed by atoms with Gasteiger partial charge in [-0.3, -0.25) is 4.79 Å². The number of fused-ring (bicyclic) bond motifs is 2. The van der Waals surface area contributed by atoms with Gasteiger partial charge in [0.15, 0.2) is 0 Å². The van der Waals surface area contributed by atoms with Gasteiger partial charge in [-0.25, -0.2) is 0 Å². The zero-order valence-corrected chi connectivity index (χ0v) is 16.5. The first kappa shape index (κ1) is 18.2. The molecule has 0 radical (unpaired) electrons. The van der Waals surface area contributed by atoms with Crippen LogP contribution in [0.3, 0.4) is 0 Å². The number of carbonyl (C=O) groups excluding carboxylic acids is 2. The Kier molecular flexibility index (Phi) is 3.97. The average Bonchev–Trinajstić information content (AvgIpc) is 3.18. The molecule has 0 aromatic heterocycles. The van der Waals surface area contributed by atoms with Gasteiger partial charge in [0.2, 0.25) is 0 Å². The van der Waals surface area contributed by atoms with Gasteiger partial charge in [-0.1, -0.05) is 38.8 Å². The van der Waals surface area contributed by atoms with E-state index in [1.54, 1.807) is 0 Å². The Bertz CT molecular complexity index is 667. The average molecular weight is 360 g/mol. The van der Waals surface area contributed by atoms with Crippen molar-refractivity contribution in [3.05, 3.63) is 11.6 Å². The van der Waals surface area contributed by atoms with E-state index in [2.05, 4.69) is 26.8 Å². The predicted octanol–water partition coefficient (Wildman–Crippen LogP) is 3.38. The molecule has 0 aliphatic heterocycles. The van der Waals surface area contributed by atoms with E-state index in [-0.39, 0.29) is 30.3 Å². The molecule has 3 fully saturated rings. The highest BCUT2D eigenvalue weighted by Crippen LogP contribution is 2.82. The van der Waals surface area contributed by atoms with Crippen LogP contribution in [0.15, 0.2) is 11.6 Å². The maximum absolute atomic E-state index is 13.6. The zero-order chi connectivity index (χ0) is 18.9. The number of ether oxygens (including phenoxy) is 1. The fraction of sp³-hybridized carbons (Fsp3) is 0.818. The Morgan fingerprint density at radius 2 is 2.12 bits per heavy atom. The van der Waals surface area contributed by atoms with Crippen molar-refractivity contribution in [2.24, 2.45) is 45.8 Å². The second kappa shape index (κ2) is 5.67. The molecule has 0 saturated heterocycles. The molecule has 26 heavy (non-hydrogen) atoms. The third kappa shape index (κ3) is 1.67. The van der Waals surface area contributed by atoms with Crippen LogP contribution in [-0.2, 0) is 14.3 Å². The predicted molar refractivity (Wildman–Crippen MR) is 98.1 cm³/mol. The Labute approximate surface area is 156 Å². The fourth-order valence-electron chi connectivity index (χ4n) is 7.88. The number of aliphatic hydroxyl groups is 1. The molecule has 4 heteroatoms. The minimum atomic E-state index is -0.976. The van der Waals surface area contributed by atoms with E-state index in [4.69, 9.17) is 4.74 Å². The Morgan fingerprint density at radius 1 is 1.38 bits per heavy atom. The second-order valence-corrected chi connectivity index (χ2v) is 9.56. The minimum Gasteiger partial charge on any atom is -0.465 e. The molecule has 0 amide bonds. The monoisotopic (exact) mass is 360 g/mol. The van der Waals surface area contributed by atoms with E-state index >= 15 is 0 Å². The van der Waals surface area contributed by atoms with Crippen LogP contribution in [-0.4, -0.2) is 30.6 Å². The van der Waals surface area contributed by atoms with Gasteiger partial charge in [-0.2, -0.15) is 0 Å². The Balaban J connectivity index is 2.01. The van der Waals surface area contributed by atoms with E-state index in [1.165, 1.54) is 0 Å². The quantitative estimate of drug-likeness (QED) is 0.464. The molecule has 4 bridgehead atoms. The lowest BCUT2D eigenvalue weighted by Gasteiger charge is -2.58. The molecule has 0 spiro atoms. The van der Waals surface area contributed by atoms with Crippen LogP contribution in [0.1, 0.15) is 53.4 Å². The first-order chi connectivity index (χ1) is 12.4. The lowest BCUT2D eigenvalue weighted by molar-refractivity contribution is -0.189. The number of aliphatic hydroxyl groups excluding tert-OH is 1. The summed E-state index contributed by atoms with van der Waals surface area (Å²) in [4.78, 5) is 26.4. The fourth-order valence-corrected chi connectivity index (χ4v) is 7.88. The van der Waals surface area contributed by atoms with Gasteiger partial charge in [0, 0.05) is 5.41 Å². The number of esters is 1. The lowest BCUT2D eigenvalue weighted by Crippen LogP contribution is -2.63. The van der Waals surface area contributed by atoms with Gasteiger partial charge in [-0.15, -0.1) is 0 Å². The molecule has 4 nitrogen and oxygen atoms in total. The second-order valence-electron chi connectivity index (χ2n) is 9.56. The van der Waals surface area contributed by atoms with Crippen LogP contribution in [0, 0.1) is 45.8 Å². The molecule has 0 aromatic carbocycles. The summed E-state index contributed by atoms with van der Waals surface area (Å²) in [6.07, 6.45) is 6.98. The summed E-state index contributed by atoms with van der Waals surface area (Å²) in [6, 6.07) is 0. The number of aldehydes is 1. The molecule has 1 N–H and O–H groups in total. The molecule has 0 heterocycles. The number of allylic oxidation sites excluding steroid dienone is 1. The van der Waals surface area contributed by atoms with Crippen molar-refractivity contribution in [1.82, 2.24) is 0 Å². The van der Waals surface area contributed by atoms with Gasteiger partial charge < -0.3 is 14.6 Å². The summed E-state index contributed by atoms with van der Waals surface area (Å²) in [5.41, 5.74) is -1.21. The first-order valence-corrected chi connectivity index (χ1v) is 10.3. The van der Waals surface area contributed by atoms with Crippen LogP contribution in [0.25, 0.3) is 0 Å². The number of carbonyl (C=O) groups is 2. The third-order valence-corrected chi connectivity index (χ3v) is 8.66. The van der Waals surface area contributed by atoms with Gasteiger partial charge >= 0.3 is 5.97 Å². The first-order valence-electron chi connectivity index (χ1n) is 10.3. The van der Waals surface area contributed by atoms with Gasteiger partial charge in [0.25, 0.3) is 0 Å². The molecule has 3 saturated carbocycles. The summed E-state index contributed by atoms with van der Waals surface area (Å²) < 4.78 is 5.64. The van der Waals surface area contributed by atoms with E-state index in [0.29, 0.717) is 24.9 Å². The Morgan fingerprint density at radius 3 is 2.69 bits per heavy atom. The van der Waals surface area contributed by atoms with Crippen LogP contribution >= 0.6 is 0 Å². The maximum atomic E-state index is 13.6. The normalized spacial score (nSPS) is 48.5. The van der Waals surface area contributed by atoms with Gasteiger partial charge in [0.1, 0.15) is 11.7 Å². The molecule has 4 rings (SSSR count). The van der Waals surface area contributed by atoms with Crippen molar-refractivity contribution in [3.63, 3.8) is 0 Å². The standard InChI is InChI=1S/C22H32O4/c1-5-26-19(25)22-18(13(2)3)8-15-9-21(22,12-24)17-7-6-14(4)16(17)10-20(15,22)11-23/h8,12-17,23H,5-7,9-11H2,1-4H3/t14-,15+,16-,17-,20+,21+,22-/m1/s1. The van der Waals surface area contributed by atoms with Crippen molar-refractivity contribution in [2.45, 2.75) is 53.4 Å². The molecule has 4 aliphatic rings. The number of hydrogen-bond acceptors (Lipinski definition) is 4. The van der Waals surface area contributed by atoms with Crippen LogP contribution in [0.2, 0.25) is 0 Å². The molecule has 0 unspecified atom stereocenters. The van der Waals surface area contributed by atoms with Crippen LogP contribution < -0.4 is 0 Å². The maximum Gasteiger partial charge on any atom is 0.317 e. The summed E-state index contributed by atoms with van der Waals surface area (Å²) >= 11 is 0. The third-order valence-electron chi connectivity index (χ3n) is 8.66. The molecule has 7 atom stereocenters. The van der Waals surface area contributed by atoms with Crippen molar-refractivity contribution in [2.75, 3.05) is 13.2 Å². The highest BCUT2D eigenvalue weighted by atomic mass is 16.5. The van der Waals surface area contributed by atoms with E-state index in [1.807, 2.05) is 6.92 Å². The minimum absolute atomic E-state index is 0.0469. The SMILES string of the molecule is CCOC(=O)[C@@]12C(C(C)C)=C[C@H]3C[C@]1(C=O)[C@@H]1CC[C@@H](C)[C@H]1C[C@]32CO. The summed E-state index contributed by atoms with van der Waals surface area (Å²) in [7, 11) is 0. The van der Waals surface area contributed by atoms with Crippen LogP contribution in [0.4, 0.5) is 0 Å². The van der Waals surface area contributed by atoms with E-state index in [9.17, 15) is 14.7 Å². The van der Waals surface area contributed by atoms with Gasteiger partial charge in [0.05, 0.1) is 18.6 Å². The zero-order valence-electron chi connectivity index (χ0n) is 16.5. The Hall–Kier alpha value is -1.16. The van der Waals surface area contributed by atoms with E-state index in [0.717, 1.165) is 31.1 Å². The van der Waals surface area contributed by atoms with Crippen molar-refractivity contribution < 1.29 is 19.4 Å². The molecule has 4 aliphatic carbocycles. The lowest BCUT2D eigenvalue weighted by atomic mass is 9.43. The summed E-state index contributed by atoms with van der Waals surface area (Å²) in [6.45, 7) is 8.55. The van der Waals surface area contributed by atoms with Crippen LogP contribution in [0.5, 0.6) is 0 Å². The van der Waals surface area contributed by atoms with Crippen molar-refractivity contribution in [1.29, 1.82) is 0 Å². The molecular weight excluding hydrogens is 328 g/mol.